The Hall–Kier alpha value is -2.62. The van der Waals surface area contributed by atoms with E-state index in [0.29, 0.717) is 25.9 Å². The standard InChI is InChI=1S/C23H28N2O2/c1-18-9-10-21(15-19(18)2)17-23(27)25-12-6-11-24(13-14-25)22(26)16-20-7-4-3-5-8-20/h3-5,7-10,15H,6,11-14,16-17H2,1-2H3. The molecule has 4 nitrogen and oxygen atoms in total. The summed E-state index contributed by atoms with van der Waals surface area (Å²) in [6, 6.07) is 16.0. The normalized spacial score (nSPS) is 14.7. The number of hydrogen-bond acceptors (Lipinski definition) is 2. The Kier molecular flexibility index (Phi) is 6.28. The van der Waals surface area contributed by atoms with Crippen molar-refractivity contribution in [1.29, 1.82) is 0 Å². The number of benzene rings is 2. The molecule has 2 amide bonds. The molecular weight excluding hydrogens is 336 g/mol. The van der Waals surface area contributed by atoms with Crippen LogP contribution in [0.1, 0.15) is 28.7 Å². The molecule has 2 aromatic rings. The van der Waals surface area contributed by atoms with Crippen LogP contribution in [-0.2, 0) is 22.4 Å². The summed E-state index contributed by atoms with van der Waals surface area (Å²) >= 11 is 0. The highest BCUT2D eigenvalue weighted by Crippen LogP contribution is 2.13. The Morgan fingerprint density at radius 2 is 1.33 bits per heavy atom. The van der Waals surface area contributed by atoms with Crippen molar-refractivity contribution in [2.45, 2.75) is 33.1 Å². The summed E-state index contributed by atoms with van der Waals surface area (Å²) < 4.78 is 0. The number of rotatable bonds is 4. The fraction of sp³-hybridized carbons (Fsp3) is 0.391. The molecule has 0 spiro atoms. The van der Waals surface area contributed by atoms with Gasteiger partial charge in [-0.05, 0) is 42.5 Å². The van der Waals surface area contributed by atoms with Crippen LogP contribution in [0.2, 0.25) is 0 Å². The topological polar surface area (TPSA) is 40.6 Å². The zero-order valence-electron chi connectivity index (χ0n) is 16.3. The van der Waals surface area contributed by atoms with E-state index < -0.39 is 0 Å². The van der Waals surface area contributed by atoms with Crippen molar-refractivity contribution in [1.82, 2.24) is 9.80 Å². The number of carbonyl (C=O) groups excluding carboxylic acids is 2. The van der Waals surface area contributed by atoms with Gasteiger partial charge in [-0.15, -0.1) is 0 Å². The third-order valence-corrected chi connectivity index (χ3v) is 5.33. The van der Waals surface area contributed by atoms with E-state index in [2.05, 4.69) is 26.0 Å². The van der Waals surface area contributed by atoms with Crippen LogP contribution in [-0.4, -0.2) is 47.8 Å². The van der Waals surface area contributed by atoms with Gasteiger partial charge in [0, 0.05) is 26.2 Å². The van der Waals surface area contributed by atoms with Gasteiger partial charge in [-0.1, -0.05) is 48.5 Å². The average molecular weight is 364 g/mol. The number of amides is 2. The molecule has 0 aromatic heterocycles. The summed E-state index contributed by atoms with van der Waals surface area (Å²) in [5.41, 5.74) is 4.56. The van der Waals surface area contributed by atoms with Gasteiger partial charge < -0.3 is 9.80 Å². The largest absolute Gasteiger partial charge is 0.341 e. The Morgan fingerprint density at radius 1 is 0.741 bits per heavy atom. The maximum Gasteiger partial charge on any atom is 0.227 e. The zero-order valence-corrected chi connectivity index (χ0v) is 16.3. The zero-order chi connectivity index (χ0) is 19.2. The van der Waals surface area contributed by atoms with Gasteiger partial charge in [0.25, 0.3) is 0 Å². The Balaban J connectivity index is 1.55. The Bertz CT molecular complexity index is 801. The van der Waals surface area contributed by atoms with Crippen molar-refractivity contribution in [3.8, 4) is 0 Å². The van der Waals surface area contributed by atoms with Crippen LogP contribution in [0.25, 0.3) is 0 Å². The van der Waals surface area contributed by atoms with Crippen molar-refractivity contribution < 1.29 is 9.59 Å². The van der Waals surface area contributed by atoms with Gasteiger partial charge in [-0.2, -0.15) is 0 Å². The van der Waals surface area contributed by atoms with Crippen LogP contribution >= 0.6 is 0 Å². The molecule has 0 aliphatic carbocycles. The van der Waals surface area contributed by atoms with Gasteiger partial charge >= 0.3 is 0 Å². The lowest BCUT2D eigenvalue weighted by Crippen LogP contribution is -2.38. The highest BCUT2D eigenvalue weighted by molar-refractivity contribution is 5.80. The molecule has 4 heteroatoms. The molecule has 0 saturated carbocycles. The molecule has 1 aliphatic heterocycles. The van der Waals surface area contributed by atoms with Gasteiger partial charge in [0.2, 0.25) is 11.8 Å². The van der Waals surface area contributed by atoms with E-state index in [1.165, 1.54) is 11.1 Å². The van der Waals surface area contributed by atoms with Crippen LogP contribution in [0.5, 0.6) is 0 Å². The third-order valence-electron chi connectivity index (χ3n) is 5.33. The number of aryl methyl sites for hydroxylation is 2. The van der Waals surface area contributed by atoms with E-state index in [4.69, 9.17) is 0 Å². The highest BCUT2D eigenvalue weighted by atomic mass is 16.2. The second-order valence-electron chi connectivity index (χ2n) is 7.37. The summed E-state index contributed by atoms with van der Waals surface area (Å²) in [4.78, 5) is 29.1. The van der Waals surface area contributed by atoms with Gasteiger partial charge in [0.1, 0.15) is 0 Å². The molecule has 1 heterocycles. The lowest BCUT2D eigenvalue weighted by molar-refractivity contribution is -0.132. The minimum absolute atomic E-state index is 0.143. The van der Waals surface area contributed by atoms with Crippen LogP contribution in [0.3, 0.4) is 0 Å². The molecule has 0 bridgehead atoms. The smallest absolute Gasteiger partial charge is 0.227 e. The summed E-state index contributed by atoms with van der Waals surface area (Å²) in [5.74, 6) is 0.292. The van der Waals surface area contributed by atoms with E-state index in [0.717, 1.165) is 30.6 Å². The number of carbonyl (C=O) groups is 2. The molecule has 1 saturated heterocycles. The molecule has 1 aliphatic rings. The lowest BCUT2D eigenvalue weighted by atomic mass is 10.0. The van der Waals surface area contributed by atoms with Crippen molar-refractivity contribution >= 4 is 11.8 Å². The van der Waals surface area contributed by atoms with Crippen molar-refractivity contribution in [3.63, 3.8) is 0 Å². The van der Waals surface area contributed by atoms with E-state index in [1.807, 2.05) is 46.2 Å². The highest BCUT2D eigenvalue weighted by Gasteiger charge is 2.22. The first kappa shape index (κ1) is 19.2. The second kappa shape index (κ2) is 8.85. The van der Waals surface area contributed by atoms with E-state index in [9.17, 15) is 9.59 Å². The first-order valence-corrected chi connectivity index (χ1v) is 9.68. The van der Waals surface area contributed by atoms with Crippen molar-refractivity contribution in [2.24, 2.45) is 0 Å². The molecule has 1 fully saturated rings. The molecule has 2 aromatic carbocycles. The molecule has 0 atom stereocenters. The number of nitrogens with zero attached hydrogens (tertiary/aromatic N) is 2. The predicted molar refractivity (Wildman–Crippen MR) is 108 cm³/mol. The van der Waals surface area contributed by atoms with Crippen LogP contribution in [0.15, 0.2) is 48.5 Å². The fourth-order valence-corrected chi connectivity index (χ4v) is 3.50. The van der Waals surface area contributed by atoms with Gasteiger partial charge in [0.15, 0.2) is 0 Å². The third kappa shape index (κ3) is 5.19. The van der Waals surface area contributed by atoms with Gasteiger partial charge in [0.05, 0.1) is 12.8 Å². The molecule has 3 rings (SSSR count). The second-order valence-corrected chi connectivity index (χ2v) is 7.37. The lowest BCUT2D eigenvalue weighted by Gasteiger charge is -2.22. The van der Waals surface area contributed by atoms with E-state index in [-0.39, 0.29) is 11.8 Å². The fourth-order valence-electron chi connectivity index (χ4n) is 3.50. The monoisotopic (exact) mass is 364 g/mol. The Labute approximate surface area is 161 Å². The summed E-state index contributed by atoms with van der Waals surface area (Å²) in [6.45, 7) is 6.83. The van der Waals surface area contributed by atoms with Crippen LogP contribution < -0.4 is 0 Å². The van der Waals surface area contributed by atoms with E-state index in [1.54, 1.807) is 0 Å². The maximum absolute atomic E-state index is 12.7. The van der Waals surface area contributed by atoms with Crippen LogP contribution in [0, 0.1) is 13.8 Å². The van der Waals surface area contributed by atoms with E-state index >= 15 is 0 Å². The first-order valence-electron chi connectivity index (χ1n) is 9.68. The molecule has 27 heavy (non-hydrogen) atoms. The Morgan fingerprint density at radius 3 is 1.93 bits per heavy atom. The first-order chi connectivity index (χ1) is 13.0. The predicted octanol–water partition coefficient (Wildman–Crippen LogP) is 3.15. The van der Waals surface area contributed by atoms with Crippen LogP contribution in [0.4, 0.5) is 0 Å². The SMILES string of the molecule is Cc1ccc(CC(=O)N2CCCN(C(=O)Cc3ccccc3)CC2)cc1C. The molecule has 0 radical (unpaired) electrons. The quantitative estimate of drug-likeness (QED) is 0.836. The average Bonchev–Trinajstić information content (AvgIpc) is 2.92. The summed E-state index contributed by atoms with van der Waals surface area (Å²) in [6.07, 6.45) is 1.69. The molecule has 142 valence electrons. The van der Waals surface area contributed by atoms with Crippen molar-refractivity contribution in [3.05, 3.63) is 70.8 Å². The minimum atomic E-state index is 0.143. The molecule has 0 N–H and O–H groups in total. The van der Waals surface area contributed by atoms with Gasteiger partial charge in [-0.3, -0.25) is 9.59 Å². The van der Waals surface area contributed by atoms with Gasteiger partial charge in [-0.25, -0.2) is 0 Å². The maximum atomic E-state index is 12.7. The van der Waals surface area contributed by atoms with Crippen molar-refractivity contribution in [2.75, 3.05) is 26.2 Å². The summed E-state index contributed by atoms with van der Waals surface area (Å²) in [7, 11) is 0. The number of hydrogen-bond donors (Lipinski definition) is 0. The molecular formula is C23H28N2O2. The molecule has 0 unspecified atom stereocenters. The summed E-state index contributed by atoms with van der Waals surface area (Å²) in [5, 5.41) is 0. The minimum Gasteiger partial charge on any atom is -0.341 e.